The van der Waals surface area contributed by atoms with Crippen LogP contribution in [-0.4, -0.2) is 25.5 Å². The van der Waals surface area contributed by atoms with Crippen LogP contribution in [0.3, 0.4) is 0 Å². The standard InChI is InChI=1S/C26H29N5O2/c1-7-22(25(32)27-21-14-16(3)8-11-17(21)4)31-26(33)24-23(18(5)28-31)19(6)30(29-24)20-12-9-15(2)10-13-20/h8-14,22H,7H2,1-6H3,(H,27,32)/t22-/m1/s1. The van der Waals surface area contributed by atoms with Gasteiger partial charge in [0.2, 0.25) is 5.91 Å². The fourth-order valence-corrected chi connectivity index (χ4v) is 4.16. The van der Waals surface area contributed by atoms with Gasteiger partial charge in [-0.15, -0.1) is 0 Å². The molecule has 0 aliphatic heterocycles. The molecule has 1 amide bonds. The highest BCUT2D eigenvalue weighted by Crippen LogP contribution is 2.23. The van der Waals surface area contributed by atoms with Crippen molar-refractivity contribution in [1.82, 2.24) is 19.6 Å². The number of anilines is 1. The molecule has 0 aliphatic rings. The highest BCUT2D eigenvalue weighted by Gasteiger charge is 2.25. The third-order valence-electron chi connectivity index (χ3n) is 6.06. The lowest BCUT2D eigenvalue weighted by atomic mass is 10.1. The van der Waals surface area contributed by atoms with E-state index in [1.165, 1.54) is 4.68 Å². The van der Waals surface area contributed by atoms with E-state index in [9.17, 15) is 9.59 Å². The van der Waals surface area contributed by atoms with Crippen molar-refractivity contribution in [2.75, 3.05) is 5.32 Å². The Balaban J connectivity index is 1.79. The summed E-state index contributed by atoms with van der Waals surface area (Å²) in [5.74, 6) is -0.269. The topological polar surface area (TPSA) is 81.8 Å². The number of hydrogen-bond acceptors (Lipinski definition) is 4. The summed E-state index contributed by atoms with van der Waals surface area (Å²) < 4.78 is 3.05. The molecule has 0 bridgehead atoms. The Bertz CT molecular complexity index is 1410. The molecule has 7 heteroatoms. The molecule has 4 aromatic rings. The van der Waals surface area contributed by atoms with E-state index in [4.69, 9.17) is 0 Å². The molecule has 2 aromatic heterocycles. The number of aryl methyl sites for hydroxylation is 5. The minimum Gasteiger partial charge on any atom is -0.324 e. The third kappa shape index (κ3) is 4.06. The predicted molar refractivity (Wildman–Crippen MR) is 131 cm³/mol. The SMILES string of the molecule is CC[C@H](C(=O)Nc1cc(C)ccc1C)n1nc(C)c2c(C)n(-c3ccc(C)cc3)nc2c1=O. The number of rotatable bonds is 5. The summed E-state index contributed by atoms with van der Waals surface area (Å²) in [6.07, 6.45) is 0.423. The predicted octanol–water partition coefficient (Wildman–Crippen LogP) is 4.71. The molecule has 0 spiro atoms. The van der Waals surface area contributed by atoms with Crippen LogP contribution in [0.4, 0.5) is 5.69 Å². The quantitative estimate of drug-likeness (QED) is 0.484. The normalized spacial score (nSPS) is 12.2. The Kier molecular flexibility index (Phi) is 5.89. The Morgan fingerprint density at radius 2 is 1.64 bits per heavy atom. The second-order valence-corrected chi connectivity index (χ2v) is 8.62. The number of amides is 1. The zero-order chi connectivity index (χ0) is 23.9. The van der Waals surface area contributed by atoms with E-state index in [2.05, 4.69) is 15.5 Å². The summed E-state index contributed by atoms with van der Waals surface area (Å²) in [6.45, 7) is 11.6. The van der Waals surface area contributed by atoms with Gasteiger partial charge in [-0.3, -0.25) is 9.59 Å². The van der Waals surface area contributed by atoms with Gasteiger partial charge in [-0.2, -0.15) is 10.2 Å². The molecule has 0 saturated carbocycles. The minimum atomic E-state index is -0.745. The second kappa shape index (κ2) is 8.65. The Hall–Kier alpha value is -3.74. The zero-order valence-electron chi connectivity index (χ0n) is 19.9. The van der Waals surface area contributed by atoms with Crippen molar-refractivity contribution in [3.8, 4) is 5.69 Å². The van der Waals surface area contributed by atoms with E-state index in [-0.39, 0.29) is 11.5 Å². The van der Waals surface area contributed by atoms with Crippen LogP contribution in [0.5, 0.6) is 0 Å². The number of aromatic nitrogens is 4. The van der Waals surface area contributed by atoms with Gasteiger partial charge in [-0.25, -0.2) is 9.36 Å². The van der Waals surface area contributed by atoms with Crippen molar-refractivity contribution in [2.45, 2.75) is 54.0 Å². The molecule has 7 nitrogen and oxygen atoms in total. The molecular formula is C26H29N5O2. The smallest absolute Gasteiger partial charge is 0.295 e. The molecule has 1 N–H and O–H groups in total. The molecule has 0 unspecified atom stereocenters. The summed E-state index contributed by atoms with van der Waals surface area (Å²) in [5.41, 5.74) is 6.23. The Labute approximate surface area is 193 Å². The second-order valence-electron chi connectivity index (χ2n) is 8.62. The maximum absolute atomic E-state index is 13.5. The number of nitrogens with one attached hydrogen (secondary N) is 1. The van der Waals surface area contributed by atoms with Gasteiger partial charge < -0.3 is 5.32 Å². The van der Waals surface area contributed by atoms with Crippen molar-refractivity contribution in [3.63, 3.8) is 0 Å². The van der Waals surface area contributed by atoms with Gasteiger partial charge in [0.15, 0.2) is 5.52 Å². The van der Waals surface area contributed by atoms with Gasteiger partial charge in [-0.05, 0) is 70.4 Å². The lowest BCUT2D eigenvalue weighted by Crippen LogP contribution is -2.35. The third-order valence-corrected chi connectivity index (χ3v) is 6.06. The maximum atomic E-state index is 13.5. The fourth-order valence-electron chi connectivity index (χ4n) is 4.16. The Morgan fingerprint density at radius 1 is 0.970 bits per heavy atom. The van der Waals surface area contributed by atoms with E-state index < -0.39 is 6.04 Å². The maximum Gasteiger partial charge on any atom is 0.295 e. The van der Waals surface area contributed by atoms with Crippen molar-refractivity contribution in [2.24, 2.45) is 0 Å². The van der Waals surface area contributed by atoms with Crippen LogP contribution in [0, 0.1) is 34.6 Å². The van der Waals surface area contributed by atoms with Crippen LogP contribution in [0.2, 0.25) is 0 Å². The molecule has 0 fully saturated rings. The summed E-state index contributed by atoms with van der Waals surface area (Å²) in [6, 6.07) is 13.1. The first kappa shape index (κ1) is 22.5. The van der Waals surface area contributed by atoms with Crippen molar-refractivity contribution < 1.29 is 4.79 Å². The van der Waals surface area contributed by atoms with Crippen molar-refractivity contribution in [1.29, 1.82) is 0 Å². The number of benzene rings is 2. The van der Waals surface area contributed by atoms with Crippen LogP contribution in [0.25, 0.3) is 16.6 Å². The van der Waals surface area contributed by atoms with E-state index in [0.717, 1.165) is 39.1 Å². The Morgan fingerprint density at radius 3 is 2.30 bits per heavy atom. The van der Waals surface area contributed by atoms with Gasteiger partial charge >= 0.3 is 0 Å². The largest absolute Gasteiger partial charge is 0.324 e. The lowest BCUT2D eigenvalue weighted by molar-refractivity contribution is -0.119. The van der Waals surface area contributed by atoms with E-state index in [0.29, 0.717) is 17.6 Å². The molecule has 0 radical (unpaired) electrons. The first-order chi connectivity index (χ1) is 15.7. The van der Waals surface area contributed by atoms with Gasteiger partial charge in [-0.1, -0.05) is 36.8 Å². The molecular weight excluding hydrogens is 414 g/mol. The molecule has 170 valence electrons. The number of nitrogens with zero attached hydrogens (tertiary/aromatic N) is 4. The van der Waals surface area contributed by atoms with Gasteiger partial charge in [0, 0.05) is 5.69 Å². The molecule has 0 saturated heterocycles. The summed E-state index contributed by atoms with van der Waals surface area (Å²) in [4.78, 5) is 26.7. The first-order valence-corrected chi connectivity index (χ1v) is 11.1. The van der Waals surface area contributed by atoms with Crippen LogP contribution in [0.15, 0.2) is 47.3 Å². The average Bonchev–Trinajstić information content (AvgIpc) is 3.13. The number of carbonyl (C=O) groups is 1. The van der Waals surface area contributed by atoms with E-state index in [1.807, 2.05) is 84.0 Å². The highest BCUT2D eigenvalue weighted by molar-refractivity contribution is 5.94. The fraction of sp³-hybridized carbons (Fsp3) is 0.308. The van der Waals surface area contributed by atoms with Crippen molar-refractivity contribution in [3.05, 3.63) is 80.9 Å². The van der Waals surface area contributed by atoms with Crippen LogP contribution < -0.4 is 10.9 Å². The van der Waals surface area contributed by atoms with E-state index in [1.54, 1.807) is 4.68 Å². The summed E-state index contributed by atoms with van der Waals surface area (Å²) in [7, 11) is 0. The first-order valence-electron chi connectivity index (χ1n) is 11.1. The van der Waals surface area contributed by atoms with Crippen LogP contribution in [-0.2, 0) is 4.79 Å². The number of hydrogen-bond donors (Lipinski definition) is 1. The summed E-state index contributed by atoms with van der Waals surface area (Å²) >= 11 is 0. The highest BCUT2D eigenvalue weighted by atomic mass is 16.2. The number of fused-ring (bicyclic) bond motifs is 1. The van der Waals surface area contributed by atoms with Gasteiger partial charge in [0.1, 0.15) is 6.04 Å². The molecule has 0 aliphatic carbocycles. The molecule has 2 aromatic carbocycles. The van der Waals surface area contributed by atoms with Crippen molar-refractivity contribution >= 4 is 22.5 Å². The molecule has 2 heterocycles. The van der Waals surface area contributed by atoms with Gasteiger partial charge in [0.05, 0.1) is 22.5 Å². The van der Waals surface area contributed by atoms with E-state index >= 15 is 0 Å². The van der Waals surface area contributed by atoms with Crippen LogP contribution in [0.1, 0.15) is 47.5 Å². The monoisotopic (exact) mass is 443 g/mol. The van der Waals surface area contributed by atoms with Gasteiger partial charge in [0.25, 0.3) is 5.56 Å². The van der Waals surface area contributed by atoms with Crippen LogP contribution >= 0.6 is 0 Å². The average molecular weight is 444 g/mol. The minimum absolute atomic E-state index is 0.269. The molecule has 4 rings (SSSR count). The molecule has 1 atom stereocenters. The molecule has 33 heavy (non-hydrogen) atoms. The summed E-state index contributed by atoms with van der Waals surface area (Å²) in [5, 5.41) is 12.9. The lowest BCUT2D eigenvalue weighted by Gasteiger charge is -2.18. The zero-order valence-corrected chi connectivity index (χ0v) is 19.9. The number of carbonyl (C=O) groups excluding carboxylic acids is 1.